The molecule has 0 radical (unpaired) electrons. The third kappa shape index (κ3) is 8790. The molecule has 0 bridgehead atoms. The molecule has 0 aliphatic rings. The molecule has 0 aromatic carbocycles. The summed E-state index contributed by atoms with van der Waals surface area (Å²) in [5.74, 6) is 0. The normalized spacial score (nSPS) is 2.00. The molecular formula is C2N2S2W. The molecule has 0 aromatic rings. The molecule has 0 rings (SSSR count). The van der Waals surface area contributed by atoms with Crippen molar-refractivity contribution in [3.8, 4) is 10.8 Å². The van der Waals surface area contributed by atoms with Crippen LogP contribution in [0.3, 0.4) is 0 Å². The van der Waals surface area contributed by atoms with E-state index in [9.17, 15) is 0 Å². The van der Waals surface area contributed by atoms with Crippen molar-refractivity contribution in [3.63, 3.8) is 0 Å². The molecule has 0 aromatic heterocycles. The van der Waals surface area contributed by atoms with E-state index in [-0.39, 0.29) is 21.1 Å². The minimum atomic E-state index is 0. The molecule has 2 nitrogen and oxygen atoms in total. The van der Waals surface area contributed by atoms with Crippen molar-refractivity contribution in [2.24, 2.45) is 0 Å². The van der Waals surface area contributed by atoms with Gasteiger partial charge in [-0.2, -0.15) is 0 Å². The van der Waals surface area contributed by atoms with Crippen LogP contribution in [-0.2, 0) is 46.3 Å². The maximum absolute atomic E-state index is 7.13. The SMILES string of the molecule is N#C[S-].N#C[S-].[W+2]. The molecule has 0 atom stereocenters. The molecule has 0 unspecified atom stereocenters. The fourth-order valence-corrected chi connectivity index (χ4v) is 0. The molecule has 0 aliphatic carbocycles. The summed E-state index contributed by atoms with van der Waals surface area (Å²) in [7, 11) is 0. The van der Waals surface area contributed by atoms with Gasteiger partial charge in [-0.1, -0.05) is 10.8 Å². The van der Waals surface area contributed by atoms with Gasteiger partial charge in [0.15, 0.2) is 0 Å². The van der Waals surface area contributed by atoms with Gasteiger partial charge in [0.2, 0.25) is 0 Å². The first-order valence-electron chi connectivity index (χ1n) is 0.855. The summed E-state index contributed by atoms with van der Waals surface area (Å²) in [5, 5.41) is 16.9. The van der Waals surface area contributed by atoms with Crippen molar-refractivity contribution < 1.29 is 21.1 Å². The predicted octanol–water partition coefficient (Wildman–Crippen LogP) is 0.0263. The summed E-state index contributed by atoms with van der Waals surface area (Å²) < 4.78 is 0. The van der Waals surface area contributed by atoms with Gasteiger partial charge in [-0.3, -0.25) is 0 Å². The number of nitrogens with zero attached hydrogens (tertiary/aromatic N) is 2. The van der Waals surface area contributed by atoms with Crippen LogP contribution < -0.4 is 0 Å². The zero-order chi connectivity index (χ0) is 5.41. The number of thiocyanates is 2. The Labute approximate surface area is 67.6 Å². The number of hydrogen-bond acceptors (Lipinski definition) is 4. The standard InChI is InChI=1S/2CHNS.W/c2*2-1-3;/h2*3H;/q;;+2/p-2. The molecule has 0 spiro atoms. The van der Waals surface area contributed by atoms with E-state index in [0.29, 0.717) is 0 Å². The van der Waals surface area contributed by atoms with Gasteiger partial charge in [-0.05, 0) is 0 Å². The summed E-state index contributed by atoms with van der Waals surface area (Å²) in [5.41, 5.74) is 0. The third-order valence-corrected chi connectivity index (χ3v) is 0. The van der Waals surface area contributed by atoms with Crippen molar-refractivity contribution in [1.82, 2.24) is 0 Å². The van der Waals surface area contributed by atoms with Crippen LogP contribution in [0, 0.1) is 21.3 Å². The minimum Gasteiger partial charge on any atom is -0.696 e. The Kier molecular flexibility index (Phi) is 80.5. The Balaban J connectivity index is -0.0000000400. The van der Waals surface area contributed by atoms with Gasteiger partial charge >= 0.3 is 21.1 Å². The van der Waals surface area contributed by atoms with Crippen LogP contribution in [-0.4, -0.2) is 0 Å². The quantitative estimate of drug-likeness (QED) is 0.468. The molecule has 0 saturated carbocycles. The van der Waals surface area contributed by atoms with Crippen LogP contribution in [0.2, 0.25) is 0 Å². The van der Waals surface area contributed by atoms with E-state index in [1.165, 1.54) is 10.8 Å². The Morgan fingerprint density at radius 1 is 1.00 bits per heavy atom. The average molecular weight is 300 g/mol. The molecule has 0 saturated heterocycles. The number of hydrogen-bond donors (Lipinski definition) is 0. The van der Waals surface area contributed by atoms with E-state index in [2.05, 4.69) is 25.3 Å². The van der Waals surface area contributed by atoms with Gasteiger partial charge in [0, 0.05) is 0 Å². The van der Waals surface area contributed by atoms with Gasteiger partial charge in [-0.25, -0.2) is 10.5 Å². The van der Waals surface area contributed by atoms with Crippen LogP contribution in [0.5, 0.6) is 0 Å². The summed E-state index contributed by atoms with van der Waals surface area (Å²) in [6.07, 6.45) is 0. The topological polar surface area (TPSA) is 47.6 Å². The van der Waals surface area contributed by atoms with Gasteiger partial charge in [0.1, 0.15) is 0 Å². The zero-order valence-corrected chi connectivity index (χ0v) is 7.69. The van der Waals surface area contributed by atoms with E-state index in [1.807, 2.05) is 0 Å². The van der Waals surface area contributed by atoms with Crippen molar-refractivity contribution >= 4 is 25.3 Å². The Morgan fingerprint density at radius 3 is 1.00 bits per heavy atom. The van der Waals surface area contributed by atoms with Crippen molar-refractivity contribution in [3.05, 3.63) is 0 Å². The van der Waals surface area contributed by atoms with Crippen LogP contribution in [0.15, 0.2) is 0 Å². The maximum Gasteiger partial charge on any atom is 2.00 e. The minimum absolute atomic E-state index is 0. The van der Waals surface area contributed by atoms with E-state index in [1.54, 1.807) is 0 Å². The van der Waals surface area contributed by atoms with Crippen LogP contribution in [0.25, 0.3) is 0 Å². The van der Waals surface area contributed by atoms with Crippen molar-refractivity contribution in [1.29, 1.82) is 10.5 Å². The average Bonchev–Trinajstić information content (AvgIpc) is 1.39. The molecule has 5 heteroatoms. The third-order valence-electron chi connectivity index (χ3n) is 0. The van der Waals surface area contributed by atoms with Gasteiger partial charge in [0.25, 0.3) is 0 Å². The molecule has 7 heavy (non-hydrogen) atoms. The van der Waals surface area contributed by atoms with E-state index >= 15 is 0 Å². The van der Waals surface area contributed by atoms with Gasteiger partial charge < -0.3 is 25.3 Å². The summed E-state index contributed by atoms with van der Waals surface area (Å²) in [6, 6.07) is 0. The molecule has 0 heterocycles. The first kappa shape index (κ1) is 15.7. The number of nitriles is 2. The molecule has 0 N–H and O–H groups in total. The molecule has 36 valence electrons. The van der Waals surface area contributed by atoms with Crippen LogP contribution in [0.4, 0.5) is 0 Å². The van der Waals surface area contributed by atoms with E-state index in [0.717, 1.165) is 0 Å². The van der Waals surface area contributed by atoms with Gasteiger partial charge in [-0.15, -0.1) is 0 Å². The first-order chi connectivity index (χ1) is 2.83. The van der Waals surface area contributed by atoms with Crippen molar-refractivity contribution in [2.75, 3.05) is 0 Å². The number of rotatable bonds is 0. The predicted molar refractivity (Wildman–Crippen MR) is 26.0 cm³/mol. The molecular weight excluding hydrogens is 300 g/mol. The second-order valence-electron chi connectivity index (χ2n) is 0.183. The fraction of sp³-hybridized carbons (Fsp3) is 0. The monoisotopic (exact) mass is 300 g/mol. The first-order valence-corrected chi connectivity index (χ1v) is 1.67. The fourth-order valence-electron chi connectivity index (χ4n) is 0. The van der Waals surface area contributed by atoms with E-state index in [4.69, 9.17) is 10.5 Å². The molecule has 0 fully saturated rings. The smallest absolute Gasteiger partial charge is 0.696 e. The Hall–Kier alpha value is 0.108. The largest absolute Gasteiger partial charge is 2.00 e. The van der Waals surface area contributed by atoms with Crippen LogP contribution >= 0.6 is 0 Å². The summed E-state index contributed by atoms with van der Waals surface area (Å²) >= 11 is 7.40. The van der Waals surface area contributed by atoms with Gasteiger partial charge in [0.05, 0.1) is 0 Å². The summed E-state index contributed by atoms with van der Waals surface area (Å²) in [6.45, 7) is 0. The van der Waals surface area contributed by atoms with E-state index < -0.39 is 0 Å². The zero-order valence-electron chi connectivity index (χ0n) is 3.12. The Bertz CT molecular complexity index is 68.7. The summed E-state index contributed by atoms with van der Waals surface area (Å²) in [4.78, 5) is 0. The maximum atomic E-state index is 7.13. The van der Waals surface area contributed by atoms with Crippen LogP contribution in [0.1, 0.15) is 0 Å². The Morgan fingerprint density at radius 2 is 1.00 bits per heavy atom. The second-order valence-corrected chi connectivity index (χ2v) is 0.548. The molecule has 0 aliphatic heterocycles. The molecule has 0 amide bonds. The second kappa shape index (κ2) is 35.9. The van der Waals surface area contributed by atoms with Crippen molar-refractivity contribution in [2.45, 2.75) is 0 Å².